The lowest BCUT2D eigenvalue weighted by atomic mass is 9.72. The number of rotatable bonds is 4. The molecule has 0 aliphatic heterocycles. The van der Waals surface area contributed by atoms with Gasteiger partial charge >= 0.3 is 19.1 Å². The minimum absolute atomic E-state index is 0.107. The van der Waals surface area contributed by atoms with Crippen molar-refractivity contribution < 1.29 is 29.1 Å². The molecule has 118 valence electrons. The number of esters is 2. The molecule has 6 nitrogen and oxygen atoms in total. The van der Waals surface area contributed by atoms with Crippen LogP contribution in [0, 0.1) is 0 Å². The van der Waals surface area contributed by atoms with Crippen LogP contribution >= 0.6 is 0 Å². The summed E-state index contributed by atoms with van der Waals surface area (Å²) in [5, 5.41) is 19.2. The summed E-state index contributed by atoms with van der Waals surface area (Å²) in [6.45, 7) is 0. The molecule has 2 aromatic carbocycles. The Balaban J connectivity index is 2.77. The molecule has 2 N–H and O–H groups in total. The molecule has 0 saturated carbocycles. The Labute approximate surface area is 133 Å². The summed E-state index contributed by atoms with van der Waals surface area (Å²) in [4.78, 5) is 24.0. The fourth-order valence-electron chi connectivity index (χ4n) is 2.29. The Bertz CT molecular complexity index is 690. The first kappa shape index (κ1) is 16.7. The summed E-state index contributed by atoms with van der Waals surface area (Å²) in [6, 6.07) is 11.9. The van der Waals surface area contributed by atoms with Gasteiger partial charge in [0, 0.05) is 5.46 Å². The van der Waals surface area contributed by atoms with Gasteiger partial charge in [-0.3, -0.25) is 0 Å². The molecular weight excluding hydrogens is 299 g/mol. The first-order chi connectivity index (χ1) is 11.0. The minimum atomic E-state index is -2.02. The Morgan fingerprint density at radius 3 is 1.74 bits per heavy atom. The van der Waals surface area contributed by atoms with Gasteiger partial charge in [0.05, 0.1) is 25.3 Å². The van der Waals surface area contributed by atoms with Crippen LogP contribution in [0.5, 0.6) is 0 Å². The van der Waals surface area contributed by atoms with Gasteiger partial charge in [-0.2, -0.15) is 0 Å². The lowest BCUT2D eigenvalue weighted by molar-refractivity contribution is 0.0601. The Kier molecular flexibility index (Phi) is 5.15. The monoisotopic (exact) mass is 314 g/mol. The molecule has 2 rings (SSSR count). The van der Waals surface area contributed by atoms with E-state index in [2.05, 4.69) is 9.47 Å². The van der Waals surface area contributed by atoms with Gasteiger partial charge in [0.2, 0.25) is 0 Å². The van der Waals surface area contributed by atoms with Crippen LogP contribution in [0.2, 0.25) is 0 Å². The number of benzene rings is 2. The molecule has 7 heteroatoms. The maximum absolute atomic E-state index is 12.0. The van der Waals surface area contributed by atoms with Gasteiger partial charge < -0.3 is 19.5 Å². The van der Waals surface area contributed by atoms with Gasteiger partial charge in [-0.25, -0.2) is 9.59 Å². The third-order valence-corrected chi connectivity index (χ3v) is 3.36. The molecule has 0 spiro atoms. The molecule has 0 bridgehead atoms. The van der Waals surface area contributed by atoms with Crippen molar-refractivity contribution in [2.24, 2.45) is 0 Å². The van der Waals surface area contributed by atoms with E-state index in [9.17, 15) is 19.6 Å². The van der Waals surface area contributed by atoms with E-state index in [-0.39, 0.29) is 16.6 Å². The van der Waals surface area contributed by atoms with Crippen LogP contribution in [0.15, 0.2) is 42.5 Å². The zero-order valence-corrected chi connectivity index (χ0v) is 12.6. The summed E-state index contributed by atoms with van der Waals surface area (Å²) in [5.74, 6) is -1.56. The van der Waals surface area contributed by atoms with E-state index in [4.69, 9.17) is 0 Å². The average molecular weight is 314 g/mol. The topological polar surface area (TPSA) is 93.1 Å². The molecule has 0 unspecified atom stereocenters. The molecule has 0 aliphatic carbocycles. The Hall–Kier alpha value is -2.64. The van der Waals surface area contributed by atoms with Crippen molar-refractivity contribution in [3.05, 3.63) is 53.6 Å². The van der Waals surface area contributed by atoms with E-state index in [0.29, 0.717) is 5.56 Å². The van der Waals surface area contributed by atoms with Crippen LogP contribution in [-0.4, -0.2) is 43.3 Å². The second-order valence-corrected chi connectivity index (χ2v) is 4.71. The van der Waals surface area contributed by atoms with E-state index in [1.165, 1.54) is 26.4 Å². The van der Waals surface area contributed by atoms with Crippen LogP contribution in [0.3, 0.4) is 0 Å². The van der Waals surface area contributed by atoms with Gasteiger partial charge in [0.1, 0.15) is 0 Å². The molecule has 0 radical (unpaired) electrons. The summed E-state index contributed by atoms with van der Waals surface area (Å²) < 4.78 is 9.35. The summed E-state index contributed by atoms with van der Waals surface area (Å²) in [6.07, 6.45) is 0. The van der Waals surface area contributed by atoms with Crippen molar-refractivity contribution in [3.63, 3.8) is 0 Å². The number of carbonyl (C=O) groups is 2. The van der Waals surface area contributed by atoms with Crippen LogP contribution in [0.25, 0.3) is 11.1 Å². The summed E-state index contributed by atoms with van der Waals surface area (Å²) in [5.41, 5.74) is 0.842. The first-order valence-electron chi connectivity index (χ1n) is 6.75. The molecule has 0 fully saturated rings. The predicted molar refractivity (Wildman–Crippen MR) is 84.4 cm³/mol. The fraction of sp³-hybridized carbons (Fsp3) is 0.125. The zero-order valence-electron chi connectivity index (χ0n) is 12.6. The summed E-state index contributed by atoms with van der Waals surface area (Å²) in [7, 11) is 0.314. The van der Waals surface area contributed by atoms with Crippen molar-refractivity contribution in [2.75, 3.05) is 14.2 Å². The molecule has 23 heavy (non-hydrogen) atoms. The van der Waals surface area contributed by atoms with E-state index in [1.807, 2.05) is 6.07 Å². The van der Waals surface area contributed by atoms with Gasteiger partial charge in [0.15, 0.2) is 0 Å². The number of carbonyl (C=O) groups excluding carboxylic acids is 2. The van der Waals surface area contributed by atoms with Crippen molar-refractivity contribution in [3.8, 4) is 11.1 Å². The molecule has 0 saturated heterocycles. The van der Waals surface area contributed by atoms with Crippen molar-refractivity contribution in [1.29, 1.82) is 0 Å². The Morgan fingerprint density at radius 1 is 0.870 bits per heavy atom. The SMILES string of the molecule is COC(=O)c1cc(-c2ccccc2)cc(C(=O)OC)c1B(O)O. The predicted octanol–water partition coefficient (Wildman–Crippen LogP) is 0.607. The van der Waals surface area contributed by atoms with Crippen molar-refractivity contribution in [1.82, 2.24) is 0 Å². The summed E-state index contributed by atoms with van der Waals surface area (Å²) >= 11 is 0. The fourth-order valence-corrected chi connectivity index (χ4v) is 2.29. The second kappa shape index (κ2) is 7.08. The first-order valence-corrected chi connectivity index (χ1v) is 6.75. The minimum Gasteiger partial charge on any atom is -0.465 e. The highest BCUT2D eigenvalue weighted by atomic mass is 16.5. The molecule has 0 aliphatic rings. The highest BCUT2D eigenvalue weighted by Crippen LogP contribution is 2.22. The molecule has 0 atom stereocenters. The number of ether oxygens (including phenoxy) is 2. The maximum Gasteiger partial charge on any atom is 0.490 e. The molecule has 0 amide bonds. The lowest BCUT2D eigenvalue weighted by Crippen LogP contribution is -2.39. The van der Waals surface area contributed by atoms with Crippen LogP contribution in [0.4, 0.5) is 0 Å². The largest absolute Gasteiger partial charge is 0.490 e. The lowest BCUT2D eigenvalue weighted by Gasteiger charge is -2.14. The van der Waals surface area contributed by atoms with Crippen LogP contribution in [-0.2, 0) is 9.47 Å². The van der Waals surface area contributed by atoms with Crippen LogP contribution in [0.1, 0.15) is 20.7 Å². The van der Waals surface area contributed by atoms with Gasteiger partial charge in [-0.15, -0.1) is 0 Å². The molecule has 0 heterocycles. The number of hydrogen-bond acceptors (Lipinski definition) is 6. The number of methoxy groups -OCH3 is 2. The molecule has 0 aromatic heterocycles. The standard InChI is InChI=1S/C16H15BO6/c1-22-15(18)12-8-11(10-6-4-3-5-7-10)9-13(16(19)23-2)14(12)17(20)21/h3-9,20-21H,1-2H3. The molecule has 2 aromatic rings. The van der Waals surface area contributed by atoms with E-state index in [1.54, 1.807) is 24.3 Å². The normalized spacial score (nSPS) is 10.1. The number of hydrogen-bond donors (Lipinski definition) is 2. The average Bonchev–Trinajstić information content (AvgIpc) is 2.59. The second-order valence-electron chi connectivity index (χ2n) is 4.71. The van der Waals surface area contributed by atoms with Gasteiger partial charge in [0.25, 0.3) is 0 Å². The zero-order chi connectivity index (χ0) is 17.0. The van der Waals surface area contributed by atoms with Crippen molar-refractivity contribution >= 4 is 24.5 Å². The third kappa shape index (κ3) is 3.41. The van der Waals surface area contributed by atoms with E-state index >= 15 is 0 Å². The van der Waals surface area contributed by atoms with Gasteiger partial charge in [-0.05, 0) is 23.3 Å². The Morgan fingerprint density at radius 2 is 1.35 bits per heavy atom. The highest BCUT2D eigenvalue weighted by Gasteiger charge is 2.29. The van der Waals surface area contributed by atoms with Crippen LogP contribution < -0.4 is 5.46 Å². The highest BCUT2D eigenvalue weighted by molar-refractivity contribution is 6.62. The maximum atomic E-state index is 12.0. The smallest absolute Gasteiger partial charge is 0.465 e. The molecular formula is C16H15BO6. The van der Waals surface area contributed by atoms with E-state index < -0.39 is 19.1 Å². The quantitative estimate of drug-likeness (QED) is 0.634. The van der Waals surface area contributed by atoms with E-state index in [0.717, 1.165) is 5.56 Å². The van der Waals surface area contributed by atoms with Gasteiger partial charge in [-0.1, -0.05) is 30.3 Å². The third-order valence-electron chi connectivity index (χ3n) is 3.36. The van der Waals surface area contributed by atoms with Crippen molar-refractivity contribution in [2.45, 2.75) is 0 Å².